The molecule has 0 saturated carbocycles. The van der Waals surface area contributed by atoms with Gasteiger partial charge in [0, 0.05) is 7.05 Å². The molecule has 124 valence electrons. The average molecular weight is 338 g/mol. The first-order valence-corrected chi connectivity index (χ1v) is 7.93. The number of halogens is 1. The molecule has 1 aromatic carbocycles. The number of carbonyl (C=O) groups excluding carboxylic acids is 1. The van der Waals surface area contributed by atoms with Crippen LogP contribution >= 0.6 is 11.6 Å². The summed E-state index contributed by atoms with van der Waals surface area (Å²) in [5.74, 6) is 2.45. The number of amides is 1. The molecule has 5 nitrogen and oxygen atoms in total. The van der Waals surface area contributed by atoms with Gasteiger partial charge in [0.2, 0.25) is 0 Å². The monoisotopic (exact) mass is 337 g/mol. The molecule has 0 aliphatic heterocycles. The Labute approximate surface area is 140 Å². The van der Waals surface area contributed by atoms with E-state index in [0.717, 1.165) is 11.5 Å². The lowest BCUT2D eigenvalue weighted by Crippen LogP contribution is -2.30. The average Bonchev–Trinajstić information content (AvgIpc) is 3.05. The Morgan fingerprint density at radius 2 is 1.78 bits per heavy atom. The molecule has 1 aromatic heterocycles. The number of ether oxygens (including phenoxy) is 2. The number of likely N-dealkylation sites (N-methyl/N-ethyl adjacent to an activating group) is 1. The zero-order chi connectivity index (χ0) is 16.7. The number of furan rings is 1. The molecule has 6 heteroatoms. The van der Waals surface area contributed by atoms with Crippen LogP contribution < -0.4 is 9.47 Å². The van der Waals surface area contributed by atoms with Crippen molar-refractivity contribution in [1.29, 1.82) is 0 Å². The molecule has 0 radical (unpaired) electrons. The standard InChI is InChI=1S/C17H20ClNO4/c1-3-21-13-4-6-14(7-5-13)22-11-10-19(2)17(20)16-9-8-15(12-18)23-16/h4-9H,3,10-12H2,1-2H3. The third-order valence-corrected chi connectivity index (χ3v) is 3.44. The van der Waals surface area contributed by atoms with Crippen molar-refractivity contribution in [1.82, 2.24) is 4.90 Å². The van der Waals surface area contributed by atoms with Crippen molar-refractivity contribution in [3.63, 3.8) is 0 Å². The highest BCUT2D eigenvalue weighted by Gasteiger charge is 2.15. The fourth-order valence-corrected chi connectivity index (χ4v) is 2.10. The van der Waals surface area contributed by atoms with Gasteiger partial charge in [-0.25, -0.2) is 0 Å². The van der Waals surface area contributed by atoms with E-state index in [9.17, 15) is 4.79 Å². The lowest BCUT2D eigenvalue weighted by molar-refractivity contribution is 0.0741. The summed E-state index contributed by atoms with van der Waals surface area (Å²) in [6.07, 6.45) is 0. The van der Waals surface area contributed by atoms with Gasteiger partial charge in [-0.3, -0.25) is 4.79 Å². The molecule has 0 unspecified atom stereocenters. The Balaban J connectivity index is 1.79. The third kappa shape index (κ3) is 4.93. The summed E-state index contributed by atoms with van der Waals surface area (Å²) in [4.78, 5) is 13.7. The molecule has 0 fully saturated rings. The van der Waals surface area contributed by atoms with Crippen LogP contribution in [0.1, 0.15) is 23.2 Å². The van der Waals surface area contributed by atoms with E-state index in [0.29, 0.717) is 25.5 Å². The summed E-state index contributed by atoms with van der Waals surface area (Å²) in [7, 11) is 1.70. The van der Waals surface area contributed by atoms with Crippen molar-refractivity contribution in [2.45, 2.75) is 12.8 Å². The molecule has 0 aliphatic rings. The molecular weight excluding hydrogens is 318 g/mol. The van der Waals surface area contributed by atoms with Crippen LogP contribution in [0.2, 0.25) is 0 Å². The van der Waals surface area contributed by atoms with E-state index < -0.39 is 0 Å². The zero-order valence-electron chi connectivity index (χ0n) is 13.3. The number of hydrogen-bond acceptors (Lipinski definition) is 4. The number of hydrogen-bond donors (Lipinski definition) is 0. The second-order valence-corrected chi connectivity index (χ2v) is 5.15. The van der Waals surface area contributed by atoms with E-state index in [-0.39, 0.29) is 17.5 Å². The van der Waals surface area contributed by atoms with E-state index in [1.807, 2.05) is 31.2 Å². The Kier molecular flexibility index (Phi) is 6.35. The van der Waals surface area contributed by atoms with Crippen LogP contribution in [0.15, 0.2) is 40.8 Å². The molecule has 0 saturated heterocycles. The van der Waals surface area contributed by atoms with Crippen molar-refractivity contribution in [2.24, 2.45) is 0 Å². The molecule has 2 aromatic rings. The number of nitrogens with zero attached hydrogens (tertiary/aromatic N) is 1. The lowest BCUT2D eigenvalue weighted by atomic mass is 10.3. The van der Waals surface area contributed by atoms with Gasteiger partial charge in [-0.05, 0) is 43.3 Å². The fraction of sp³-hybridized carbons (Fsp3) is 0.353. The van der Waals surface area contributed by atoms with Gasteiger partial charge in [-0.15, -0.1) is 11.6 Å². The SMILES string of the molecule is CCOc1ccc(OCCN(C)C(=O)c2ccc(CCl)o2)cc1. The maximum Gasteiger partial charge on any atom is 0.289 e. The van der Waals surface area contributed by atoms with Gasteiger partial charge in [0.05, 0.1) is 19.0 Å². The van der Waals surface area contributed by atoms with Crippen molar-refractivity contribution >= 4 is 17.5 Å². The van der Waals surface area contributed by atoms with Crippen molar-refractivity contribution < 1.29 is 18.7 Å². The summed E-state index contributed by atoms with van der Waals surface area (Å²) in [6.45, 7) is 3.40. The van der Waals surface area contributed by atoms with Crippen molar-refractivity contribution in [2.75, 3.05) is 26.8 Å². The summed E-state index contributed by atoms with van der Waals surface area (Å²) < 4.78 is 16.3. The smallest absolute Gasteiger partial charge is 0.289 e. The number of rotatable bonds is 8. The highest BCUT2D eigenvalue weighted by Crippen LogP contribution is 2.17. The zero-order valence-corrected chi connectivity index (χ0v) is 14.0. The molecule has 23 heavy (non-hydrogen) atoms. The first-order chi connectivity index (χ1) is 11.1. The van der Waals surface area contributed by atoms with E-state index in [4.69, 9.17) is 25.5 Å². The van der Waals surface area contributed by atoms with Gasteiger partial charge in [-0.1, -0.05) is 0 Å². The van der Waals surface area contributed by atoms with Crippen molar-refractivity contribution in [3.05, 3.63) is 47.9 Å². The Bertz CT molecular complexity index is 624. The first kappa shape index (κ1) is 17.2. The first-order valence-electron chi connectivity index (χ1n) is 7.39. The van der Waals surface area contributed by atoms with Crippen LogP contribution in [0.25, 0.3) is 0 Å². The van der Waals surface area contributed by atoms with E-state index in [2.05, 4.69) is 0 Å². The minimum atomic E-state index is -0.198. The normalized spacial score (nSPS) is 10.4. The lowest BCUT2D eigenvalue weighted by Gasteiger charge is -2.16. The molecule has 2 rings (SSSR count). The quantitative estimate of drug-likeness (QED) is 0.691. The van der Waals surface area contributed by atoms with Gasteiger partial charge in [0.15, 0.2) is 5.76 Å². The van der Waals surface area contributed by atoms with Crippen molar-refractivity contribution in [3.8, 4) is 11.5 Å². The van der Waals surface area contributed by atoms with E-state index in [1.165, 1.54) is 0 Å². The van der Waals surface area contributed by atoms with Crippen LogP contribution in [0, 0.1) is 0 Å². The second-order valence-electron chi connectivity index (χ2n) is 4.88. The summed E-state index contributed by atoms with van der Waals surface area (Å²) in [5.41, 5.74) is 0. The molecule has 0 bridgehead atoms. The Morgan fingerprint density at radius 1 is 1.13 bits per heavy atom. The van der Waals surface area contributed by atoms with E-state index in [1.54, 1.807) is 24.1 Å². The Morgan fingerprint density at radius 3 is 2.35 bits per heavy atom. The van der Waals surface area contributed by atoms with Crippen LogP contribution in [0.4, 0.5) is 0 Å². The summed E-state index contributed by atoms with van der Waals surface area (Å²) >= 11 is 5.66. The highest BCUT2D eigenvalue weighted by atomic mass is 35.5. The third-order valence-electron chi connectivity index (χ3n) is 3.18. The molecule has 0 spiro atoms. The molecular formula is C17H20ClNO4. The van der Waals surface area contributed by atoms with Gasteiger partial charge < -0.3 is 18.8 Å². The second kappa shape index (κ2) is 8.48. The van der Waals surface area contributed by atoms with Gasteiger partial charge in [0.25, 0.3) is 5.91 Å². The predicted molar refractivity (Wildman–Crippen MR) is 88.3 cm³/mol. The maximum atomic E-state index is 12.1. The molecule has 1 amide bonds. The fourth-order valence-electron chi connectivity index (χ4n) is 1.95. The predicted octanol–water partition coefficient (Wildman–Crippen LogP) is 3.57. The van der Waals surface area contributed by atoms with Gasteiger partial charge >= 0.3 is 0 Å². The number of benzene rings is 1. The molecule has 1 heterocycles. The van der Waals surface area contributed by atoms with Crippen LogP contribution in [-0.4, -0.2) is 37.6 Å². The summed E-state index contributed by atoms with van der Waals surface area (Å²) in [5, 5.41) is 0. The van der Waals surface area contributed by atoms with Crippen LogP contribution in [0.3, 0.4) is 0 Å². The topological polar surface area (TPSA) is 51.9 Å². The number of carbonyl (C=O) groups is 1. The van der Waals surface area contributed by atoms with Gasteiger partial charge in [-0.2, -0.15) is 0 Å². The summed E-state index contributed by atoms with van der Waals surface area (Å²) in [6, 6.07) is 10.7. The minimum absolute atomic E-state index is 0.198. The van der Waals surface area contributed by atoms with E-state index >= 15 is 0 Å². The highest BCUT2D eigenvalue weighted by molar-refractivity contribution is 6.16. The largest absolute Gasteiger partial charge is 0.494 e. The van der Waals surface area contributed by atoms with Crippen LogP contribution in [-0.2, 0) is 5.88 Å². The van der Waals surface area contributed by atoms with Crippen LogP contribution in [0.5, 0.6) is 11.5 Å². The van der Waals surface area contributed by atoms with Gasteiger partial charge in [0.1, 0.15) is 23.9 Å². The number of alkyl halides is 1. The molecule has 0 N–H and O–H groups in total. The molecule has 0 atom stereocenters. The maximum absolute atomic E-state index is 12.1. The Hall–Kier alpha value is -2.14. The minimum Gasteiger partial charge on any atom is -0.494 e. The molecule has 0 aliphatic carbocycles.